The maximum Gasteiger partial charge on any atom is 0.126 e. The van der Waals surface area contributed by atoms with Crippen molar-refractivity contribution >= 4 is 0 Å². The summed E-state index contributed by atoms with van der Waals surface area (Å²) in [5.74, 6) is 0.914. The van der Waals surface area contributed by atoms with Gasteiger partial charge in [0.25, 0.3) is 0 Å². The highest BCUT2D eigenvalue weighted by Gasteiger charge is 2.38. The minimum absolute atomic E-state index is 0.235. The Bertz CT molecular complexity index is 577. The van der Waals surface area contributed by atoms with Crippen molar-refractivity contribution in [1.82, 2.24) is 0 Å². The van der Waals surface area contributed by atoms with Gasteiger partial charge in [-0.3, -0.25) is 0 Å². The maximum absolute atomic E-state index is 5.43. The molecule has 104 valence electrons. The lowest BCUT2D eigenvalue weighted by Crippen LogP contribution is -2.46. The van der Waals surface area contributed by atoms with Gasteiger partial charge in [0.05, 0.1) is 20.3 Å². The van der Waals surface area contributed by atoms with E-state index in [0.29, 0.717) is 0 Å². The Morgan fingerprint density at radius 2 is 1.75 bits per heavy atom. The van der Waals surface area contributed by atoms with Crippen molar-refractivity contribution in [3.8, 4) is 16.9 Å². The molecule has 0 aromatic heterocycles. The first-order valence-electron chi connectivity index (χ1n) is 7.11. The summed E-state index contributed by atoms with van der Waals surface area (Å²) in [6, 6.07) is 17.0. The van der Waals surface area contributed by atoms with Crippen LogP contribution >= 0.6 is 0 Å². The van der Waals surface area contributed by atoms with Crippen LogP contribution < -0.4 is 4.74 Å². The molecule has 2 nitrogen and oxygen atoms in total. The Morgan fingerprint density at radius 1 is 1.05 bits per heavy atom. The highest BCUT2D eigenvalue weighted by atomic mass is 16.5. The molecule has 0 radical (unpaired) electrons. The smallest absolute Gasteiger partial charge is 0.126 e. The summed E-state index contributed by atoms with van der Waals surface area (Å²) < 4.78 is 10.8. The average Bonchev–Trinajstić information content (AvgIpc) is 2.47. The van der Waals surface area contributed by atoms with Crippen LogP contribution in [0, 0.1) is 0 Å². The Balaban J connectivity index is 1.93. The van der Waals surface area contributed by atoms with Gasteiger partial charge >= 0.3 is 0 Å². The molecule has 1 heterocycles. The predicted octanol–water partition coefficient (Wildman–Crippen LogP) is 4.04. The van der Waals surface area contributed by atoms with Crippen molar-refractivity contribution in [2.45, 2.75) is 18.8 Å². The molecule has 2 aromatic carbocycles. The van der Waals surface area contributed by atoms with Gasteiger partial charge in [0.2, 0.25) is 0 Å². The first kappa shape index (κ1) is 13.2. The third kappa shape index (κ3) is 2.10. The van der Waals surface area contributed by atoms with Crippen LogP contribution in [0.3, 0.4) is 0 Å². The number of hydrogen-bond acceptors (Lipinski definition) is 2. The molecule has 0 spiro atoms. The summed E-state index contributed by atoms with van der Waals surface area (Å²) in [5, 5.41) is 0. The molecule has 0 aliphatic carbocycles. The molecule has 0 unspecified atom stereocenters. The lowest BCUT2D eigenvalue weighted by molar-refractivity contribution is -0.0620. The van der Waals surface area contributed by atoms with Crippen molar-refractivity contribution in [3.05, 3.63) is 54.1 Å². The summed E-state index contributed by atoms with van der Waals surface area (Å²) in [5.41, 5.74) is 3.94. The summed E-state index contributed by atoms with van der Waals surface area (Å²) in [6.45, 7) is 3.92. The quantitative estimate of drug-likeness (QED) is 0.833. The molecule has 0 amide bonds. The third-order valence-corrected chi connectivity index (χ3v) is 4.35. The molecular formula is C18H20O2. The molecule has 3 rings (SSSR count). The van der Waals surface area contributed by atoms with Gasteiger partial charge in [-0.25, -0.2) is 0 Å². The maximum atomic E-state index is 5.43. The van der Waals surface area contributed by atoms with Gasteiger partial charge in [-0.2, -0.15) is 0 Å². The van der Waals surface area contributed by atoms with E-state index in [4.69, 9.17) is 9.47 Å². The second-order valence-corrected chi connectivity index (χ2v) is 5.40. The van der Waals surface area contributed by atoms with Gasteiger partial charge < -0.3 is 9.47 Å². The van der Waals surface area contributed by atoms with Gasteiger partial charge in [0.15, 0.2) is 0 Å². The van der Waals surface area contributed by atoms with Crippen molar-refractivity contribution in [1.29, 1.82) is 0 Å². The largest absolute Gasteiger partial charge is 0.496 e. The van der Waals surface area contributed by atoms with E-state index in [1.807, 2.05) is 18.2 Å². The molecule has 0 bridgehead atoms. The summed E-state index contributed by atoms with van der Waals surface area (Å²) in [4.78, 5) is 0. The Kier molecular flexibility index (Phi) is 3.49. The van der Waals surface area contributed by atoms with Gasteiger partial charge in [-0.05, 0) is 23.6 Å². The van der Waals surface area contributed by atoms with Crippen molar-refractivity contribution in [3.63, 3.8) is 0 Å². The number of para-hydroxylation sites is 1. The molecule has 1 aliphatic rings. The van der Waals surface area contributed by atoms with Crippen LogP contribution in [0.1, 0.15) is 18.9 Å². The van der Waals surface area contributed by atoms with Crippen LogP contribution in [0.15, 0.2) is 48.5 Å². The Morgan fingerprint density at radius 3 is 2.30 bits per heavy atom. The Hall–Kier alpha value is -1.80. The number of benzene rings is 2. The van der Waals surface area contributed by atoms with Crippen molar-refractivity contribution in [2.24, 2.45) is 0 Å². The minimum atomic E-state index is 0.235. The standard InChI is InChI=1S/C18H20O2/c1-3-18(12-20-13-18)15-10-8-14(9-11-15)16-6-4-5-7-17(16)19-2/h4-11H,3,12-13H2,1-2H3. The molecule has 0 atom stereocenters. The second kappa shape index (κ2) is 5.29. The molecule has 2 aromatic rings. The molecular weight excluding hydrogens is 248 g/mol. The average molecular weight is 268 g/mol. The van der Waals surface area contributed by atoms with E-state index in [1.54, 1.807) is 7.11 Å². The zero-order valence-corrected chi connectivity index (χ0v) is 12.1. The van der Waals surface area contributed by atoms with E-state index >= 15 is 0 Å². The van der Waals surface area contributed by atoms with Gasteiger partial charge in [0, 0.05) is 11.0 Å². The van der Waals surface area contributed by atoms with E-state index in [-0.39, 0.29) is 5.41 Å². The fourth-order valence-electron chi connectivity index (χ4n) is 2.81. The lowest BCUT2D eigenvalue weighted by atomic mass is 9.76. The van der Waals surface area contributed by atoms with E-state index in [2.05, 4.69) is 37.3 Å². The predicted molar refractivity (Wildman–Crippen MR) is 81.2 cm³/mol. The molecule has 1 fully saturated rings. The molecule has 2 heteroatoms. The fourth-order valence-corrected chi connectivity index (χ4v) is 2.81. The van der Waals surface area contributed by atoms with Crippen molar-refractivity contribution in [2.75, 3.05) is 20.3 Å². The van der Waals surface area contributed by atoms with E-state index < -0.39 is 0 Å². The molecule has 1 aliphatic heterocycles. The molecule has 1 saturated heterocycles. The van der Waals surface area contributed by atoms with Gasteiger partial charge in [-0.15, -0.1) is 0 Å². The first-order chi connectivity index (χ1) is 9.79. The topological polar surface area (TPSA) is 18.5 Å². The number of methoxy groups -OCH3 is 1. The van der Waals surface area contributed by atoms with Crippen LogP contribution in [0.5, 0.6) is 5.75 Å². The summed E-state index contributed by atoms with van der Waals surface area (Å²) >= 11 is 0. The van der Waals surface area contributed by atoms with E-state index in [9.17, 15) is 0 Å². The monoisotopic (exact) mass is 268 g/mol. The minimum Gasteiger partial charge on any atom is -0.496 e. The fraction of sp³-hybridized carbons (Fsp3) is 0.333. The van der Waals surface area contributed by atoms with Crippen LogP contribution in [0.4, 0.5) is 0 Å². The number of hydrogen-bond donors (Lipinski definition) is 0. The molecule has 0 saturated carbocycles. The van der Waals surface area contributed by atoms with E-state index in [1.165, 1.54) is 11.1 Å². The number of rotatable bonds is 4. The van der Waals surface area contributed by atoms with Crippen LogP contribution in [0.25, 0.3) is 11.1 Å². The zero-order chi connectivity index (χ0) is 14.0. The van der Waals surface area contributed by atoms with Gasteiger partial charge in [0.1, 0.15) is 5.75 Å². The van der Waals surface area contributed by atoms with Crippen LogP contribution in [-0.2, 0) is 10.2 Å². The van der Waals surface area contributed by atoms with Crippen LogP contribution in [-0.4, -0.2) is 20.3 Å². The molecule has 20 heavy (non-hydrogen) atoms. The highest BCUT2D eigenvalue weighted by molar-refractivity contribution is 5.70. The first-order valence-corrected chi connectivity index (χ1v) is 7.11. The lowest BCUT2D eigenvalue weighted by Gasteiger charge is -2.41. The molecule has 0 N–H and O–H groups in total. The highest BCUT2D eigenvalue weighted by Crippen LogP contribution is 2.37. The summed E-state index contributed by atoms with van der Waals surface area (Å²) in [6.07, 6.45) is 1.13. The third-order valence-electron chi connectivity index (χ3n) is 4.35. The normalized spacial score (nSPS) is 16.5. The van der Waals surface area contributed by atoms with E-state index in [0.717, 1.165) is 30.9 Å². The number of ether oxygens (including phenoxy) is 2. The van der Waals surface area contributed by atoms with Crippen molar-refractivity contribution < 1.29 is 9.47 Å². The summed E-state index contributed by atoms with van der Waals surface area (Å²) in [7, 11) is 1.71. The van der Waals surface area contributed by atoms with Gasteiger partial charge in [-0.1, -0.05) is 49.4 Å². The second-order valence-electron chi connectivity index (χ2n) is 5.40. The van der Waals surface area contributed by atoms with Crippen LogP contribution in [0.2, 0.25) is 0 Å². The Labute approximate surface area is 120 Å². The SMILES string of the molecule is CCC1(c2ccc(-c3ccccc3OC)cc2)COC1. The zero-order valence-electron chi connectivity index (χ0n) is 12.1.